The Morgan fingerprint density at radius 1 is 1.03 bits per heavy atom. The summed E-state index contributed by atoms with van der Waals surface area (Å²) in [6.07, 6.45) is 1.73. The standard InChI is InChI=1S/C27H22Cl2N2O5S2/c1-3-35-19-8-6-18(7-9-19)31-26(33)24(38-27(31)37)13-16-4-11-22(23(12-16)34-2)36-15-25(32)30-17-5-10-20(28)21(29)14-17/h4-14H,3,15H2,1-2H3,(H,30,32)/b24-13-. The minimum absolute atomic E-state index is 0.220. The molecule has 4 rings (SSSR count). The van der Waals surface area contributed by atoms with Gasteiger partial charge >= 0.3 is 0 Å². The smallest absolute Gasteiger partial charge is 0.270 e. The molecular formula is C27H22Cl2N2O5S2. The average molecular weight is 590 g/mol. The van der Waals surface area contributed by atoms with Gasteiger partial charge in [-0.2, -0.15) is 0 Å². The van der Waals surface area contributed by atoms with Gasteiger partial charge in [-0.3, -0.25) is 14.5 Å². The Labute approximate surface area is 239 Å². The molecular weight excluding hydrogens is 567 g/mol. The molecule has 3 aromatic rings. The van der Waals surface area contributed by atoms with Gasteiger partial charge in [0.1, 0.15) is 5.75 Å². The van der Waals surface area contributed by atoms with Crippen LogP contribution >= 0.6 is 47.2 Å². The van der Waals surface area contributed by atoms with Gasteiger partial charge in [0, 0.05) is 5.69 Å². The van der Waals surface area contributed by atoms with E-state index in [1.54, 1.807) is 66.7 Å². The van der Waals surface area contributed by atoms with Gasteiger partial charge in [-0.15, -0.1) is 0 Å². The summed E-state index contributed by atoms with van der Waals surface area (Å²) in [5.74, 6) is 0.896. The third kappa shape index (κ3) is 6.60. The van der Waals surface area contributed by atoms with Gasteiger partial charge in [-0.05, 0) is 73.2 Å². The normalized spacial score (nSPS) is 14.1. The Bertz CT molecular complexity index is 1410. The molecule has 0 saturated carbocycles. The number of hydrogen-bond acceptors (Lipinski definition) is 7. The van der Waals surface area contributed by atoms with E-state index in [0.29, 0.717) is 54.3 Å². The fraction of sp³-hybridized carbons (Fsp3) is 0.148. The summed E-state index contributed by atoms with van der Waals surface area (Å²) < 4.78 is 17.0. The quantitative estimate of drug-likeness (QED) is 0.217. The number of halogens is 2. The van der Waals surface area contributed by atoms with Crippen molar-refractivity contribution in [3.8, 4) is 17.2 Å². The zero-order valence-corrected chi connectivity index (χ0v) is 23.5. The monoisotopic (exact) mass is 588 g/mol. The molecule has 11 heteroatoms. The van der Waals surface area contributed by atoms with E-state index in [2.05, 4.69) is 5.32 Å². The lowest BCUT2D eigenvalue weighted by molar-refractivity contribution is -0.118. The first-order valence-corrected chi connectivity index (χ1v) is 13.3. The Morgan fingerprint density at radius 3 is 2.47 bits per heavy atom. The van der Waals surface area contributed by atoms with E-state index in [0.717, 1.165) is 5.75 Å². The highest BCUT2D eigenvalue weighted by Crippen LogP contribution is 2.37. The largest absolute Gasteiger partial charge is 0.494 e. The molecule has 0 aromatic heterocycles. The van der Waals surface area contributed by atoms with Crippen molar-refractivity contribution in [1.82, 2.24) is 0 Å². The number of thioether (sulfide) groups is 1. The van der Waals surface area contributed by atoms with Crippen LogP contribution < -0.4 is 24.4 Å². The first kappa shape index (κ1) is 27.8. The molecule has 0 radical (unpaired) electrons. The van der Waals surface area contributed by atoms with Crippen molar-refractivity contribution in [3.63, 3.8) is 0 Å². The number of amides is 2. The van der Waals surface area contributed by atoms with Crippen molar-refractivity contribution in [2.45, 2.75) is 6.92 Å². The van der Waals surface area contributed by atoms with Crippen LogP contribution in [0.25, 0.3) is 6.08 Å². The van der Waals surface area contributed by atoms with Crippen LogP contribution in [0.4, 0.5) is 11.4 Å². The van der Waals surface area contributed by atoms with Gasteiger partial charge in [0.2, 0.25) is 0 Å². The molecule has 1 fully saturated rings. The summed E-state index contributed by atoms with van der Waals surface area (Å²) in [4.78, 5) is 27.4. The van der Waals surface area contributed by atoms with Crippen LogP contribution in [-0.4, -0.2) is 36.5 Å². The van der Waals surface area contributed by atoms with E-state index >= 15 is 0 Å². The predicted octanol–water partition coefficient (Wildman–Crippen LogP) is 6.82. The number of carbonyl (C=O) groups is 2. The number of nitrogens with zero attached hydrogens (tertiary/aromatic N) is 1. The van der Waals surface area contributed by atoms with Crippen LogP contribution in [0.3, 0.4) is 0 Å². The predicted molar refractivity (Wildman–Crippen MR) is 157 cm³/mol. The maximum absolute atomic E-state index is 13.1. The van der Waals surface area contributed by atoms with Crippen molar-refractivity contribution in [3.05, 3.63) is 81.2 Å². The Hall–Kier alpha value is -3.24. The molecule has 0 bridgehead atoms. The van der Waals surface area contributed by atoms with Crippen molar-refractivity contribution in [2.24, 2.45) is 0 Å². The fourth-order valence-corrected chi connectivity index (χ4v) is 5.10. The third-order valence-electron chi connectivity index (χ3n) is 5.25. The van der Waals surface area contributed by atoms with E-state index in [1.165, 1.54) is 23.8 Å². The second-order valence-corrected chi connectivity index (χ2v) is 10.3. The number of anilines is 2. The number of benzene rings is 3. The number of nitrogens with one attached hydrogen (secondary N) is 1. The van der Waals surface area contributed by atoms with E-state index < -0.39 is 0 Å². The maximum atomic E-state index is 13.1. The number of carbonyl (C=O) groups excluding carboxylic acids is 2. The minimum Gasteiger partial charge on any atom is -0.494 e. The lowest BCUT2D eigenvalue weighted by Crippen LogP contribution is -2.27. The Balaban J connectivity index is 1.43. The van der Waals surface area contributed by atoms with E-state index in [4.69, 9.17) is 49.6 Å². The molecule has 0 unspecified atom stereocenters. The maximum Gasteiger partial charge on any atom is 0.270 e. The molecule has 3 aromatic carbocycles. The van der Waals surface area contributed by atoms with Crippen molar-refractivity contribution in [2.75, 3.05) is 30.5 Å². The summed E-state index contributed by atoms with van der Waals surface area (Å²) in [5, 5.41) is 3.42. The number of methoxy groups -OCH3 is 1. The Morgan fingerprint density at radius 2 is 1.79 bits per heavy atom. The summed E-state index contributed by atoms with van der Waals surface area (Å²) in [5.41, 5.74) is 1.87. The number of hydrogen-bond donors (Lipinski definition) is 1. The average Bonchev–Trinajstić information content (AvgIpc) is 3.18. The molecule has 38 heavy (non-hydrogen) atoms. The third-order valence-corrected chi connectivity index (χ3v) is 7.29. The zero-order chi connectivity index (χ0) is 27.2. The number of thiocarbonyl (C=S) groups is 1. The molecule has 0 aliphatic carbocycles. The van der Waals surface area contributed by atoms with E-state index in [-0.39, 0.29) is 18.4 Å². The number of ether oxygens (including phenoxy) is 3. The van der Waals surface area contributed by atoms with E-state index in [9.17, 15) is 9.59 Å². The van der Waals surface area contributed by atoms with Crippen LogP contribution in [0.1, 0.15) is 12.5 Å². The van der Waals surface area contributed by atoms with Gasteiger partial charge in [0.25, 0.3) is 11.8 Å². The lowest BCUT2D eigenvalue weighted by atomic mass is 10.1. The van der Waals surface area contributed by atoms with Gasteiger partial charge in [0.05, 0.1) is 34.4 Å². The molecule has 0 atom stereocenters. The zero-order valence-electron chi connectivity index (χ0n) is 20.3. The Kier molecular flexibility index (Phi) is 9.17. The lowest BCUT2D eigenvalue weighted by Gasteiger charge is -2.15. The van der Waals surface area contributed by atoms with Crippen LogP contribution in [0.5, 0.6) is 17.2 Å². The molecule has 0 spiro atoms. The molecule has 1 aliphatic heterocycles. The molecule has 1 N–H and O–H groups in total. The van der Waals surface area contributed by atoms with E-state index in [1.807, 2.05) is 6.92 Å². The second kappa shape index (κ2) is 12.5. The van der Waals surface area contributed by atoms with Gasteiger partial charge in [-0.25, -0.2) is 0 Å². The first-order valence-electron chi connectivity index (χ1n) is 11.4. The molecule has 1 saturated heterocycles. The number of rotatable bonds is 9. The van der Waals surface area contributed by atoms with Crippen LogP contribution in [-0.2, 0) is 9.59 Å². The summed E-state index contributed by atoms with van der Waals surface area (Å²) in [6.45, 7) is 2.21. The highest BCUT2D eigenvalue weighted by Gasteiger charge is 2.33. The van der Waals surface area contributed by atoms with Crippen molar-refractivity contribution in [1.29, 1.82) is 0 Å². The topological polar surface area (TPSA) is 77.1 Å². The molecule has 196 valence electrons. The first-order chi connectivity index (χ1) is 18.3. The van der Waals surface area contributed by atoms with Gasteiger partial charge in [-0.1, -0.05) is 53.2 Å². The highest BCUT2D eigenvalue weighted by molar-refractivity contribution is 8.27. The van der Waals surface area contributed by atoms with Crippen molar-refractivity contribution < 1.29 is 23.8 Å². The SMILES string of the molecule is CCOc1ccc(N2C(=O)/C(=C/c3ccc(OCC(=O)Nc4ccc(Cl)c(Cl)c4)c(OC)c3)SC2=S)cc1. The van der Waals surface area contributed by atoms with Gasteiger partial charge in [0.15, 0.2) is 22.4 Å². The van der Waals surface area contributed by atoms with Crippen LogP contribution in [0.15, 0.2) is 65.6 Å². The summed E-state index contributed by atoms with van der Waals surface area (Å²) in [6, 6.07) is 17.1. The highest BCUT2D eigenvalue weighted by atomic mass is 35.5. The minimum atomic E-state index is -0.382. The second-order valence-electron chi connectivity index (χ2n) is 7.82. The summed E-state index contributed by atoms with van der Waals surface area (Å²) in [7, 11) is 1.49. The fourth-order valence-electron chi connectivity index (χ4n) is 3.51. The molecule has 1 aliphatic rings. The molecule has 2 amide bonds. The van der Waals surface area contributed by atoms with Crippen molar-refractivity contribution >= 4 is 80.8 Å². The van der Waals surface area contributed by atoms with Crippen LogP contribution in [0, 0.1) is 0 Å². The molecule has 7 nitrogen and oxygen atoms in total. The van der Waals surface area contributed by atoms with Crippen LogP contribution in [0.2, 0.25) is 10.0 Å². The summed E-state index contributed by atoms with van der Waals surface area (Å²) >= 11 is 18.6. The van der Waals surface area contributed by atoms with Gasteiger partial charge < -0.3 is 19.5 Å². The molecule has 1 heterocycles.